The molecule has 31 heavy (non-hydrogen) atoms. The standard InChI is InChI=1S/C24H22F2N2O2S/c1-15-21(27-16(2)29)4-3-5-22(15)28-23(30)14-31-24(17-6-10-19(25)11-7-17)18-8-12-20(26)13-9-18/h3-13,24H,14H2,1-2H3,(H,27,29)(H,28,30). The van der Waals surface area contributed by atoms with Crippen molar-refractivity contribution in [1.29, 1.82) is 0 Å². The lowest BCUT2D eigenvalue weighted by Crippen LogP contribution is -2.17. The zero-order valence-electron chi connectivity index (χ0n) is 17.1. The van der Waals surface area contributed by atoms with E-state index < -0.39 is 0 Å². The molecule has 0 aliphatic carbocycles. The Morgan fingerprint density at radius 2 is 1.32 bits per heavy atom. The molecule has 0 aliphatic rings. The van der Waals surface area contributed by atoms with Crippen LogP contribution in [-0.2, 0) is 9.59 Å². The first-order valence-corrected chi connectivity index (χ1v) is 10.7. The molecule has 0 atom stereocenters. The Labute approximate surface area is 184 Å². The smallest absolute Gasteiger partial charge is 0.234 e. The maximum atomic E-state index is 13.4. The minimum absolute atomic E-state index is 0.128. The van der Waals surface area contributed by atoms with Crippen molar-refractivity contribution in [2.75, 3.05) is 16.4 Å². The molecule has 0 heterocycles. The van der Waals surface area contributed by atoms with Crippen molar-refractivity contribution in [3.63, 3.8) is 0 Å². The number of amides is 2. The molecule has 2 amide bonds. The van der Waals surface area contributed by atoms with Crippen LogP contribution in [0.4, 0.5) is 20.2 Å². The van der Waals surface area contributed by atoms with Gasteiger partial charge >= 0.3 is 0 Å². The van der Waals surface area contributed by atoms with Crippen LogP contribution < -0.4 is 10.6 Å². The number of hydrogen-bond donors (Lipinski definition) is 2. The van der Waals surface area contributed by atoms with Crippen molar-refractivity contribution in [2.45, 2.75) is 19.1 Å². The molecule has 7 heteroatoms. The molecule has 0 radical (unpaired) electrons. The Morgan fingerprint density at radius 3 is 1.81 bits per heavy atom. The van der Waals surface area contributed by atoms with Gasteiger partial charge in [-0.05, 0) is 60.0 Å². The summed E-state index contributed by atoms with van der Waals surface area (Å²) in [4.78, 5) is 24.0. The van der Waals surface area contributed by atoms with Gasteiger partial charge in [0, 0.05) is 18.3 Å². The highest BCUT2D eigenvalue weighted by atomic mass is 32.2. The highest BCUT2D eigenvalue weighted by molar-refractivity contribution is 8.00. The first-order chi connectivity index (χ1) is 14.8. The van der Waals surface area contributed by atoms with Gasteiger partial charge in [-0.2, -0.15) is 0 Å². The van der Waals surface area contributed by atoms with E-state index in [-0.39, 0.29) is 34.5 Å². The largest absolute Gasteiger partial charge is 0.326 e. The number of hydrogen-bond acceptors (Lipinski definition) is 3. The van der Waals surface area contributed by atoms with Gasteiger partial charge in [-0.15, -0.1) is 11.8 Å². The van der Waals surface area contributed by atoms with Crippen molar-refractivity contribution in [1.82, 2.24) is 0 Å². The number of rotatable bonds is 7. The lowest BCUT2D eigenvalue weighted by atomic mass is 10.0. The number of thioether (sulfide) groups is 1. The Hall–Kier alpha value is -3.19. The zero-order chi connectivity index (χ0) is 22.4. The van der Waals surface area contributed by atoms with Crippen LogP contribution in [0.2, 0.25) is 0 Å². The molecule has 3 aromatic rings. The van der Waals surface area contributed by atoms with Gasteiger partial charge in [0.1, 0.15) is 11.6 Å². The predicted molar refractivity (Wildman–Crippen MR) is 121 cm³/mol. The number of halogens is 2. The third kappa shape index (κ3) is 6.15. The molecule has 0 saturated carbocycles. The lowest BCUT2D eigenvalue weighted by Gasteiger charge is -2.18. The quantitative estimate of drug-likeness (QED) is 0.496. The SMILES string of the molecule is CC(=O)Nc1cccc(NC(=O)CSC(c2ccc(F)cc2)c2ccc(F)cc2)c1C. The summed E-state index contributed by atoms with van der Waals surface area (Å²) in [6, 6.07) is 17.4. The molecule has 4 nitrogen and oxygen atoms in total. The fourth-order valence-corrected chi connectivity index (χ4v) is 4.19. The Kier molecular flexibility index (Phi) is 7.41. The van der Waals surface area contributed by atoms with Crippen LogP contribution in [0.1, 0.15) is 28.9 Å². The van der Waals surface area contributed by atoms with Gasteiger partial charge in [-0.25, -0.2) is 8.78 Å². The third-order valence-corrected chi connectivity index (χ3v) is 5.95. The third-order valence-electron chi connectivity index (χ3n) is 4.65. The molecule has 2 N–H and O–H groups in total. The molecule has 3 aromatic carbocycles. The molecule has 0 spiro atoms. The van der Waals surface area contributed by atoms with Crippen LogP contribution in [-0.4, -0.2) is 17.6 Å². The summed E-state index contributed by atoms with van der Waals surface area (Å²) >= 11 is 1.36. The van der Waals surface area contributed by atoms with E-state index in [2.05, 4.69) is 10.6 Å². The van der Waals surface area contributed by atoms with E-state index in [0.29, 0.717) is 11.4 Å². The maximum Gasteiger partial charge on any atom is 0.234 e. The van der Waals surface area contributed by atoms with Crippen molar-refractivity contribution in [3.05, 3.63) is 95.1 Å². The summed E-state index contributed by atoms with van der Waals surface area (Å²) in [6.45, 7) is 3.24. The van der Waals surface area contributed by atoms with Gasteiger partial charge in [-0.1, -0.05) is 30.3 Å². The van der Waals surface area contributed by atoms with Crippen LogP contribution in [0.15, 0.2) is 66.7 Å². The Balaban J connectivity index is 1.74. The van der Waals surface area contributed by atoms with Crippen molar-refractivity contribution < 1.29 is 18.4 Å². The molecule has 160 valence electrons. The van der Waals surface area contributed by atoms with Crippen LogP contribution in [0.3, 0.4) is 0 Å². The minimum atomic E-state index is -0.348. The molecule has 0 bridgehead atoms. The molecule has 0 aromatic heterocycles. The summed E-state index contributed by atoms with van der Waals surface area (Å²) in [7, 11) is 0. The average Bonchev–Trinajstić information content (AvgIpc) is 2.73. The highest BCUT2D eigenvalue weighted by Gasteiger charge is 2.18. The summed E-state index contributed by atoms with van der Waals surface area (Å²) in [5, 5.41) is 5.34. The second-order valence-corrected chi connectivity index (χ2v) is 8.10. The second kappa shape index (κ2) is 10.2. The van der Waals surface area contributed by atoms with Crippen LogP contribution in [0.5, 0.6) is 0 Å². The Bertz CT molecular complexity index is 1020. The number of nitrogens with one attached hydrogen (secondary N) is 2. The molecule has 0 fully saturated rings. The van der Waals surface area contributed by atoms with Crippen molar-refractivity contribution in [2.24, 2.45) is 0 Å². The minimum Gasteiger partial charge on any atom is -0.326 e. The molecular weight excluding hydrogens is 418 g/mol. The number of anilines is 2. The van der Waals surface area contributed by atoms with Crippen molar-refractivity contribution in [3.8, 4) is 0 Å². The number of benzene rings is 3. The second-order valence-electron chi connectivity index (χ2n) is 7.00. The van der Waals surface area contributed by atoms with E-state index in [4.69, 9.17) is 0 Å². The van der Waals surface area contributed by atoms with E-state index >= 15 is 0 Å². The van der Waals surface area contributed by atoms with E-state index in [9.17, 15) is 18.4 Å². The number of carbonyl (C=O) groups is 2. The molecule has 0 saturated heterocycles. The number of carbonyl (C=O) groups excluding carboxylic acids is 2. The van der Waals surface area contributed by atoms with Crippen LogP contribution in [0.25, 0.3) is 0 Å². The predicted octanol–water partition coefficient (Wildman–Crippen LogP) is 5.69. The van der Waals surface area contributed by atoms with E-state index in [1.165, 1.54) is 43.0 Å². The summed E-state index contributed by atoms with van der Waals surface area (Å²) in [6.07, 6.45) is 0. The summed E-state index contributed by atoms with van der Waals surface area (Å²) < 4.78 is 26.7. The zero-order valence-corrected chi connectivity index (χ0v) is 17.9. The molecular formula is C24H22F2N2O2S. The van der Waals surface area contributed by atoms with Crippen LogP contribution in [0, 0.1) is 18.6 Å². The van der Waals surface area contributed by atoms with E-state index in [1.807, 2.05) is 6.92 Å². The fourth-order valence-electron chi connectivity index (χ4n) is 3.10. The van der Waals surface area contributed by atoms with Gasteiger partial charge in [0.15, 0.2) is 0 Å². The van der Waals surface area contributed by atoms with Crippen molar-refractivity contribution >= 4 is 35.0 Å². The van der Waals surface area contributed by atoms with Gasteiger partial charge in [0.25, 0.3) is 0 Å². The van der Waals surface area contributed by atoms with Gasteiger partial charge in [0.05, 0.1) is 11.0 Å². The van der Waals surface area contributed by atoms with E-state index in [1.54, 1.807) is 42.5 Å². The van der Waals surface area contributed by atoms with E-state index in [0.717, 1.165) is 16.7 Å². The highest BCUT2D eigenvalue weighted by Crippen LogP contribution is 2.36. The van der Waals surface area contributed by atoms with Gasteiger partial charge in [-0.3, -0.25) is 9.59 Å². The van der Waals surface area contributed by atoms with Gasteiger partial charge < -0.3 is 10.6 Å². The first kappa shape index (κ1) is 22.5. The lowest BCUT2D eigenvalue weighted by molar-refractivity contribution is -0.114. The Morgan fingerprint density at radius 1 is 0.839 bits per heavy atom. The average molecular weight is 441 g/mol. The monoisotopic (exact) mass is 440 g/mol. The van der Waals surface area contributed by atoms with Crippen LogP contribution >= 0.6 is 11.8 Å². The first-order valence-electron chi connectivity index (χ1n) is 9.63. The summed E-state index contributed by atoms with van der Waals surface area (Å²) in [5.74, 6) is -0.980. The normalized spacial score (nSPS) is 10.7. The summed E-state index contributed by atoms with van der Waals surface area (Å²) in [5.41, 5.74) is 3.62. The molecule has 0 unspecified atom stereocenters. The molecule has 0 aliphatic heterocycles. The molecule has 3 rings (SSSR count). The van der Waals surface area contributed by atoms with Gasteiger partial charge in [0.2, 0.25) is 11.8 Å². The fraction of sp³-hybridized carbons (Fsp3) is 0.167. The maximum absolute atomic E-state index is 13.4. The topological polar surface area (TPSA) is 58.2 Å².